The van der Waals surface area contributed by atoms with Gasteiger partial charge in [0.25, 0.3) is 0 Å². The number of hydrogen-bond donors (Lipinski definition) is 7. The fourth-order valence-electron chi connectivity index (χ4n) is 5.51. The molecule has 3 heterocycles. The fraction of sp³-hybridized carbons (Fsp3) is 1.00. The lowest BCUT2D eigenvalue weighted by atomic mass is 9.80. The van der Waals surface area contributed by atoms with E-state index in [4.69, 9.17) is 23.7 Å². The van der Waals surface area contributed by atoms with Gasteiger partial charge in [0, 0.05) is 5.92 Å². The molecule has 12 heteroatoms. The Labute approximate surface area is 230 Å². The molecule has 0 aromatic carbocycles. The van der Waals surface area contributed by atoms with E-state index in [1.54, 1.807) is 13.8 Å². The minimum Gasteiger partial charge on any atom is -0.394 e. The Balaban J connectivity index is 1.94. The summed E-state index contributed by atoms with van der Waals surface area (Å²) in [6.45, 7) is 14.2. The Kier molecular flexibility index (Phi) is 10.5. The second-order valence-corrected chi connectivity index (χ2v) is 13.7. The predicted octanol–water partition coefficient (Wildman–Crippen LogP) is -0.730. The maximum atomic E-state index is 11.3. The highest BCUT2D eigenvalue weighted by Gasteiger charge is 2.54. The quantitative estimate of drug-likeness (QED) is 0.214. The Hall–Kier alpha value is -0.480. The minimum absolute atomic E-state index is 0.285. The second kappa shape index (κ2) is 12.4. The molecule has 39 heavy (non-hydrogen) atoms. The molecule has 0 radical (unpaired) electrons. The molecule has 0 aromatic heterocycles. The summed E-state index contributed by atoms with van der Waals surface area (Å²) in [6.07, 6.45) is -16.1. The first kappa shape index (κ1) is 33.0. The highest BCUT2D eigenvalue weighted by Crippen LogP contribution is 2.39. The van der Waals surface area contributed by atoms with E-state index in [1.165, 1.54) is 0 Å². The first-order chi connectivity index (χ1) is 17.9. The maximum Gasteiger partial charge on any atom is 0.187 e. The van der Waals surface area contributed by atoms with E-state index in [9.17, 15) is 35.7 Å². The molecule has 7 N–H and O–H groups in total. The molecule has 3 saturated heterocycles. The van der Waals surface area contributed by atoms with E-state index >= 15 is 0 Å². The van der Waals surface area contributed by atoms with Crippen molar-refractivity contribution in [2.45, 2.75) is 148 Å². The molecule has 15 atom stereocenters. The smallest absolute Gasteiger partial charge is 0.187 e. The van der Waals surface area contributed by atoms with Gasteiger partial charge >= 0.3 is 0 Å². The Morgan fingerprint density at radius 1 is 0.615 bits per heavy atom. The highest BCUT2D eigenvalue weighted by molar-refractivity contribution is 4.99. The summed E-state index contributed by atoms with van der Waals surface area (Å²) in [4.78, 5) is 0. The fourth-order valence-corrected chi connectivity index (χ4v) is 5.51. The van der Waals surface area contributed by atoms with E-state index in [0.29, 0.717) is 6.42 Å². The van der Waals surface area contributed by atoms with Crippen LogP contribution in [0.2, 0.25) is 0 Å². The van der Waals surface area contributed by atoms with Gasteiger partial charge in [0.2, 0.25) is 0 Å². The van der Waals surface area contributed by atoms with Crippen LogP contribution >= 0.6 is 0 Å². The van der Waals surface area contributed by atoms with Crippen molar-refractivity contribution in [2.75, 3.05) is 6.61 Å². The predicted molar refractivity (Wildman–Crippen MR) is 137 cm³/mol. The number of hydrogen-bond acceptors (Lipinski definition) is 12. The Bertz CT molecular complexity index is 782. The van der Waals surface area contributed by atoms with Crippen molar-refractivity contribution >= 4 is 0 Å². The van der Waals surface area contributed by atoms with Crippen LogP contribution < -0.4 is 0 Å². The van der Waals surface area contributed by atoms with Crippen molar-refractivity contribution in [1.29, 1.82) is 0 Å². The average Bonchev–Trinajstić information content (AvgIpc) is 2.83. The monoisotopic (exact) mass is 566 g/mol. The molecule has 0 aliphatic carbocycles. The van der Waals surface area contributed by atoms with Crippen molar-refractivity contribution in [3.05, 3.63) is 0 Å². The van der Waals surface area contributed by atoms with Gasteiger partial charge in [0.15, 0.2) is 12.6 Å². The summed E-state index contributed by atoms with van der Waals surface area (Å²) < 4.78 is 30.3. The zero-order chi connectivity index (χ0) is 29.6. The van der Waals surface area contributed by atoms with Crippen LogP contribution in [0.5, 0.6) is 0 Å². The summed E-state index contributed by atoms with van der Waals surface area (Å²) in [6, 6.07) is 0. The van der Waals surface area contributed by atoms with Gasteiger partial charge in [-0.05, 0) is 24.2 Å². The largest absolute Gasteiger partial charge is 0.394 e. The first-order valence-electron chi connectivity index (χ1n) is 13.8. The summed E-state index contributed by atoms with van der Waals surface area (Å²) in [5.74, 6) is -0.784. The molecule has 0 bridgehead atoms. The summed E-state index contributed by atoms with van der Waals surface area (Å²) in [5.41, 5.74) is -0.810. The third kappa shape index (κ3) is 7.30. The van der Waals surface area contributed by atoms with Crippen LogP contribution in [0.1, 0.15) is 61.8 Å². The van der Waals surface area contributed by atoms with Gasteiger partial charge in [0.1, 0.15) is 48.8 Å². The van der Waals surface area contributed by atoms with Gasteiger partial charge in [-0.2, -0.15) is 0 Å². The zero-order valence-corrected chi connectivity index (χ0v) is 24.2. The molecule has 3 fully saturated rings. The van der Waals surface area contributed by atoms with Crippen LogP contribution in [0.25, 0.3) is 0 Å². The average molecular weight is 567 g/mol. The molecule has 230 valence electrons. The van der Waals surface area contributed by atoms with Crippen molar-refractivity contribution in [3.8, 4) is 0 Å². The molecule has 0 spiro atoms. The van der Waals surface area contributed by atoms with Gasteiger partial charge in [-0.1, -0.05) is 48.5 Å². The van der Waals surface area contributed by atoms with Crippen LogP contribution in [0.15, 0.2) is 0 Å². The number of aliphatic hydroxyl groups excluding tert-OH is 7. The molecule has 3 rings (SSSR count). The van der Waals surface area contributed by atoms with Gasteiger partial charge in [-0.25, -0.2) is 0 Å². The molecular weight excluding hydrogens is 516 g/mol. The third-order valence-corrected chi connectivity index (χ3v) is 7.91. The number of aliphatic hydroxyl groups is 7. The van der Waals surface area contributed by atoms with Crippen LogP contribution in [-0.2, 0) is 23.7 Å². The molecule has 8 unspecified atom stereocenters. The first-order valence-corrected chi connectivity index (χ1v) is 13.8. The molecule has 0 aromatic rings. The lowest BCUT2D eigenvalue weighted by Gasteiger charge is -2.51. The molecule has 3 aliphatic rings. The molecule has 0 amide bonds. The second-order valence-electron chi connectivity index (χ2n) is 13.7. The summed E-state index contributed by atoms with van der Waals surface area (Å²) in [7, 11) is 0. The SMILES string of the molecule is CC1C(O)[C@H](O)C(CO)O[C@H]1OC1C(O)[C@H](O)C(CC(C)(C)C)O[C@H]1OC1[C@@H](O)[C@@H](O)C(C)O[C@H]1C(C)(C)C. The van der Waals surface area contributed by atoms with Crippen LogP contribution in [-0.4, -0.2) is 128 Å². The van der Waals surface area contributed by atoms with E-state index in [2.05, 4.69) is 0 Å². The van der Waals surface area contributed by atoms with E-state index in [0.717, 1.165) is 0 Å². The van der Waals surface area contributed by atoms with E-state index in [1.807, 2.05) is 41.5 Å². The summed E-state index contributed by atoms with van der Waals surface area (Å²) >= 11 is 0. The normalized spacial score (nSPS) is 48.2. The van der Waals surface area contributed by atoms with Gasteiger partial charge < -0.3 is 59.4 Å². The van der Waals surface area contributed by atoms with Crippen molar-refractivity contribution in [2.24, 2.45) is 16.7 Å². The van der Waals surface area contributed by atoms with Crippen LogP contribution in [0.3, 0.4) is 0 Å². The molecule has 3 aliphatic heterocycles. The zero-order valence-electron chi connectivity index (χ0n) is 24.2. The van der Waals surface area contributed by atoms with Crippen molar-refractivity contribution in [3.63, 3.8) is 0 Å². The minimum atomic E-state index is -1.53. The standard InChI is InChI=1S/C27H50O12/c1-11-15(29)18(32)14(10-28)37-24(11)39-22-20(34)17(31)13(9-26(3,4)5)36-25(22)38-21-19(33)16(30)12(2)35-23(21)27(6,7)8/h11-25,28-34H,9-10H2,1-8H3/t11?,12?,13?,14?,15?,16-,17+,18+,19-,20?,21?,22?,23+,24-,25-/m0/s1. The third-order valence-electron chi connectivity index (χ3n) is 7.91. The van der Waals surface area contributed by atoms with E-state index in [-0.39, 0.29) is 5.41 Å². The lowest BCUT2D eigenvalue weighted by Crippen LogP contribution is -2.66. The van der Waals surface area contributed by atoms with Crippen LogP contribution in [0, 0.1) is 16.7 Å². The van der Waals surface area contributed by atoms with E-state index < -0.39 is 104 Å². The van der Waals surface area contributed by atoms with Crippen molar-refractivity contribution < 1.29 is 59.4 Å². The number of rotatable bonds is 6. The molecule has 0 saturated carbocycles. The number of ether oxygens (including phenoxy) is 5. The van der Waals surface area contributed by atoms with Crippen LogP contribution in [0.4, 0.5) is 0 Å². The molecule has 12 nitrogen and oxygen atoms in total. The highest BCUT2D eigenvalue weighted by atomic mass is 16.8. The van der Waals surface area contributed by atoms with Crippen molar-refractivity contribution in [1.82, 2.24) is 0 Å². The van der Waals surface area contributed by atoms with Gasteiger partial charge in [-0.3, -0.25) is 0 Å². The topological polar surface area (TPSA) is 188 Å². The molecular formula is C27H50O12. The summed E-state index contributed by atoms with van der Waals surface area (Å²) in [5, 5.41) is 74.2. The maximum absolute atomic E-state index is 11.3. The van der Waals surface area contributed by atoms with Gasteiger partial charge in [-0.15, -0.1) is 0 Å². The van der Waals surface area contributed by atoms with Gasteiger partial charge in [0.05, 0.1) is 31.0 Å². The Morgan fingerprint density at radius 3 is 1.67 bits per heavy atom. The Morgan fingerprint density at radius 2 is 1.13 bits per heavy atom. The lowest BCUT2D eigenvalue weighted by molar-refractivity contribution is -0.380.